The second kappa shape index (κ2) is 38.7. The number of carbonyl (C=O) groups excluding carboxylic acids is 2. The average molecular weight is 781 g/mol. The van der Waals surface area contributed by atoms with Crippen molar-refractivity contribution >= 4 is 19.8 Å². The van der Waals surface area contributed by atoms with Gasteiger partial charge in [0.2, 0.25) is 0 Å². The summed E-state index contributed by atoms with van der Waals surface area (Å²) in [5, 5.41) is 18.3. The SMILES string of the molecule is CC/C=C/C/C=C/C/C=C/C/C=C/C/C=C/CCCC(=O)O[C@H](COC(=O)CCCCCCC/C=C/CCCCCCC)COP(=O)(O)OC[C@@H](O)CO. The van der Waals surface area contributed by atoms with Crippen LogP contribution in [0.5, 0.6) is 0 Å². The third-order valence-corrected chi connectivity index (χ3v) is 9.05. The van der Waals surface area contributed by atoms with E-state index in [2.05, 4.69) is 79.1 Å². The van der Waals surface area contributed by atoms with E-state index in [1.165, 1.54) is 32.1 Å². The van der Waals surface area contributed by atoms with Gasteiger partial charge in [0.25, 0.3) is 0 Å². The van der Waals surface area contributed by atoms with Crippen molar-refractivity contribution in [1.29, 1.82) is 0 Å². The van der Waals surface area contributed by atoms with Gasteiger partial charge in [0.1, 0.15) is 12.7 Å². The van der Waals surface area contributed by atoms with Crippen LogP contribution in [0, 0.1) is 0 Å². The molecule has 0 spiro atoms. The summed E-state index contributed by atoms with van der Waals surface area (Å²) in [5.41, 5.74) is 0. The molecule has 11 heteroatoms. The molecule has 0 bridgehead atoms. The first kappa shape index (κ1) is 51.4. The summed E-state index contributed by atoms with van der Waals surface area (Å²) >= 11 is 0. The van der Waals surface area contributed by atoms with Gasteiger partial charge in [0.15, 0.2) is 6.10 Å². The minimum atomic E-state index is -4.64. The fourth-order valence-corrected chi connectivity index (χ4v) is 5.75. The smallest absolute Gasteiger partial charge is 0.462 e. The number of hydrogen-bond acceptors (Lipinski definition) is 9. The molecule has 0 aliphatic carbocycles. The predicted octanol–water partition coefficient (Wildman–Crippen LogP) is 10.5. The summed E-state index contributed by atoms with van der Waals surface area (Å²) < 4.78 is 32.6. The Bertz CT molecular complexity index is 1130. The number of carbonyl (C=O) groups is 2. The molecule has 310 valence electrons. The molecule has 0 aliphatic rings. The van der Waals surface area contributed by atoms with Crippen molar-refractivity contribution in [1.82, 2.24) is 0 Å². The molecule has 0 aromatic heterocycles. The Morgan fingerprint density at radius 3 is 1.61 bits per heavy atom. The van der Waals surface area contributed by atoms with Crippen LogP contribution in [0.1, 0.15) is 149 Å². The van der Waals surface area contributed by atoms with Crippen LogP contribution in [0.15, 0.2) is 72.9 Å². The van der Waals surface area contributed by atoms with Crippen LogP contribution < -0.4 is 0 Å². The molecule has 0 saturated heterocycles. The van der Waals surface area contributed by atoms with E-state index < -0.39 is 51.8 Å². The van der Waals surface area contributed by atoms with Crippen molar-refractivity contribution in [3.05, 3.63) is 72.9 Å². The largest absolute Gasteiger partial charge is 0.472 e. The van der Waals surface area contributed by atoms with Gasteiger partial charge in [-0.15, -0.1) is 0 Å². The van der Waals surface area contributed by atoms with Crippen molar-refractivity contribution in [2.24, 2.45) is 0 Å². The molecule has 0 saturated carbocycles. The number of phosphoric ester groups is 1. The molecule has 10 nitrogen and oxygen atoms in total. The maximum atomic E-state index is 12.6. The maximum absolute atomic E-state index is 12.6. The van der Waals surface area contributed by atoms with Gasteiger partial charge < -0.3 is 24.6 Å². The number of phosphoric acid groups is 1. The average Bonchev–Trinajstić information content (AvgIpc) is 3.16. The van der Waals surface area contributed by atoms with E-state index in [1.807, 2.05) is 12.2 Å². The number of aliphatic hydroxyl groups excluding tert-OH is 2. The van der Waals surface area contributed by atoms with Gasteiger partial charge in [-0.3, -0.25) is 18.6 Å². The van der Waals surface area contributed by atoms with Gasteiger partial charge >= 0.3 is 19.8 Å². The van der Waals surface area contributed by atoms with Crippen molar-refractivity contribution in [3.8, 4) is 0 Å². The molecule has 3 atom stereocenters. The minimum absolute atomic E-state index is 0.101. The summed E-state index contributed by atoms with van der Waals surface area (Å²) in [4.78, 5) is 34.9. The highest BCUT2D eigenvalue weighted by Crippen LogP contribution is 2.43. The van der Waals surface area contributed by atoms with Gasteiger partial charge in [-0.25, -0.2) is 4.57 Å². The third kappa shape index (κ3) is 37.7. The highest BCUT2D eigenvalue weighted by molar-refractivity contribution is 7.47. The Balaban J connectivity index is 4.47. The second-order valence-corrected chi connectivity index (χ2v) is 14.7. The van der Waals surface area contributed by atoms with Crippen molar-refractivity contribution in [2.45, 2.75) is 161 Å². The first-order valence-corrected chi connectivity index (χ1v) is 21.9. The van der Waals surface area contributed by atoms with E-state index >= 15 is 0 Å². The van der Waals surface area contributed by atoms with Crippen LogP contribution in [0.2, 0.25) is 0 Å². The lowest BCUT2D eigenvalue weighted by atomic mass is 10.1. The van der Waals surface area contributed by atoms with E-state index in [1.54, 1.807) is 0 Å². The Kier molecular flexibility index (Phi) is 36.8. The predicted molar refractivity (Wildman–Crippen MR) is 219 cm³/mol. The lowest BCUT2D eigenvalue weighted by molar-refractivity contribution is -0.161. The molecule has 0 fully saturated rings. The molecule has 0 aliphatic heterocycles. The highest BCUT2D eigenvalue weighted by atomic mass is 31.2. The molecule has 3 N–H and O–H groups in total. The van der Waals surface area contributed by atoms with Crippen LogP contribution >= 0.6 is 7.82 Å². The number of allylic oxidation sites excluding steroid dienone is 12. The normalized spacial score (nSPS) is 14.7. The summed E-state index contributed by atoms with van der Waals surface area (Å²) in [6.07, 6.45) is 43.0. The lowest BCUT2D eigenvalue weighted by Crippen LogP contribution is -2.29. The number of rotatable bonds is 37. The van der Waals surface area contributed by atoms with Crippen LogP contribution in [-0.2, 0) is 32.7 Å². The minimum Gasteiger partial charge on any atom is -0.462 e. The number of ether oxygens (including phenoxy) is 2. The molecule has 0 rings (SSSR count). The van der Waals surface area contributed by atoms with Crippen LogP contribution in [0.25, 0.3) is 0 Å². The molecule has 0 heterocycles. The standard InChI is InChI=1S/C43H73O10P/c1-3-5-7-9-11-13-15-17-19-20-21-23-25-27-29-31-33-35-43(47)53-41(39-52-54(48,49)51-37-40(45)36-44)38-50-42(46)34-32-30-28-26-24-22-18-16-14-12-10-8-6-4-2/h5,7,11,13,16-19,21,23,27,29,40-41,44-45H,3-4,6,8-10,12,14-15,20,22,24-26,28,30-39H2,1-2H3,(H,48,49)/b7-5+,13-11+,18-16+,19-17+,23-21+,29-27+/t40-,41+/m0/s1. The Hall–Kier alpha value is -2.59. The van der Waals surface area contributed by atoms with Gasteiger partial charge in [0, 0.05) is 12.8 Å². The zero-order valence-electron chi connectivity index (χ0n) is 33.4. The summed E-state index contributed by atoms with van der Waals surface area (Å²) in [7, 11) is -4.64. The zero-order chi connectivity index (χ0) is 39.8. The summed E-state index contributed by atoms with van der Waals surface area (Å²) in [6.45, 7) is 2.16. The Labute approximate surface area is 327 Å². The first-order chi connectivity index (χ1) is 26.2. The van der Waals surface area contributed by atoms with Gasteiger partial charge in [-0.1, -0.05) is 132 Å². The zero-order valence-corrected chi connectivity index (χ0v) is 34.3. The molecule has 0 radical (unpaired) electrons. The summed E-state index contributed by atoms with van der Waals surface area (Å²) in [5.74, 6) is -1.01. The van der Waals surface area contributed by atoms with E-state index in [0.717, 1.165) is 70.6 Å². The molecule has 1 unspecified atom stereocenters. The Morgan fingerprint density at radius 2 is 1.04 bits per heavy atom. The van der Waals surface area contributed by atoms with Crippen LogP contribution in [0.4, 0.5) is 0 Å². The van der Waals surface area contributed by atoms with E-state index in [9.17, 15) is 24.2 Å². The number of aliphatic hydroxyl groups is 2. The van der Waals surface area contributed by atoms with E-state index in [0.29, 0.717) is 19.3 Å². The monoisotopic (exact) mass is 780 g/mol. The molecule has 0 aromatic carbocycles. The number of hydrogen-bond donors (Lipinski definition) is 3. The quantitative estimate of drug-likeness (QED) is 0.0241. The highest BCUT2D eigenvalue weighted by Gasteiger charge is 2.27. The van der Waals surface area contributed by atoms with Crippen molar-refractivity contribution in [2.75, 3.05) is 26.4 Å². The molecule has 54 heavy (non-hydrogen) atoms. The number of esters is 2. The first-order valence-electron chi connectivity index (χ1n) is 20.4. The molecular weight excluding hydrogens is 707 g/mol. The lowest BCUT2D eigenvalue weighted by Gasteiger charge is -2.20. The third-order valence-electron chi connectivity index (χ3n) is 8.09. The van der Waals surface area contributed by atoms with Gasteiger partial charge in [-0.05, 0) is 77.0 Å². The second-order valence-electron chi connectivity index (χ2n) is 13.3. The Morgan fingerprint density at radius 1 is 0.574 bits per heavy atom. The molecular formula is C43H73O10P. The van der Waals surface area contributed by atoms with Crippen LogP contribution in [-0.4, -0.2) is 65.7 Å². The van der Waals surface area contributed by atoms with Gasteiger partial charge in [-0.2, -0.15) is 0 Å². The maximum Gasteiger partial charge on any atom is 0.472 e. The van der Waals surface area contributed by atoms with Crippen molar-refractivity contribution in [3.63, 3.8) is 0 Å². The van der Waals surface area contributed by atoms with E-state index in [-0.39, 0.29) is 19.4 Å². The number of unbranched alkanes of at least 4 members (excludes halogenated alkanes) is 11. The fourth-order valence-electron chi connectivity index (χ4n) is 4.96. The van der Waals surface area contributed by atoms with Crippen LogP contribution in [0.3, 0.4) is 0 Å². The topological polar surface area (TPSA) is 149 Å². The summed E-state index contributed by atoms with van der Waals surface area (Å²) in [6, 6.07) is 0. The molecule has 0 aromatic rings. The van der Waals surface area contributed by atoms with Gasteiger partial charge in [0.05, 0.1) is 19.8 Å². The van der Waals surface area contributed by atoms with E-state index in [4.69, 9.17) is 19.1 Å². The van der Waals surface area contributed by atoms with Crippen molar-refractivity contribution < 1.29 is 47.8 Å². The fraction of sp³-hybridized carbons (Fsp3) is 0.674. The molecule has 0 amide bonds.